The molecule has 0 unspecified atom stereocenters. The fourth-order valence-electron chi connectivity index (χ4n) is 4.44. The van der Waals surface area contributed by atoms with Gasteiger partial charge in [-0.05, 0) is 74.2 Å². The van der Waals surface area contributed by atoms with E-state index in [2.05, 4.69) is 11.6 Å². The molecule has 0 bridgehead atoms. The summed E-state index contributed by atoms with van der Waals surface area (Å²) in [5.74, 6) is 1.35. The molecule has 1 aliphatic heterocycles. The van der Waals surface area contributed by atoms with Crippen LogP contribution >= 0.6 is 11.3 Å². The van der Waals surface area contributed by atoms with E-state index in [0.717, 1.165) is 16.9 Å². The van der Waals surface area contributed by atoms with Crippen LogP contribution in [-0.2, 0) is 16.0 Å². The number of hydrogen-bond donors (Lipinski definition) is 0. The predicted octanol–water partition coefficient (Wildman–Crippen LogP) is 3.94. The third kappa shape index (κ3) is 5.83. The molecule has 204 valence electrons. The van der Waals surface area contributed by atoms with Gasteiger partial charge in [0.1, 0.15) is 5.75 Å². The van der Waals surface area contributed by atoms with Gasteiger partial charge in [0.05, 0.1) is 43.1 Å². The highest BCUT2D eigenvalue weighted by Gasteiger charge is 2.31. The molecule has 4 rings (SSSR count). The second kappa shape index (κ2) is 12.6. The van der Waals surface area contributed by atoms with Crippen LogP contribution < -0.4 is 29.1 Å². The molecule has 0 aliphatic carbocycles. The number of carbonyl (C=O) groups is 1. The SMILES string of the molecule is C=CCc1cc(/C=c2\sc3n(c2=O)[C@@H](c2ccc(OCC)c(OCC)c2)C(C(=O)OC)=CN=3)ccc1OCC. The Bertz CT molecular complexity index is 1580. The van der Waals surface area contributed by atoms with E-state index in [1.807, 2.05) is 57.2 Å². The second-order valence-corrected chi connectivity index (χ2v) is 9.55. The molecule has 0 N–H and O–H groups in total. The first kappa shape index (κ1) is 27.9. The van der Waals surface area contributed by atoms with E-state index < -0.39 is 12.0 Å². The topological polar surface area (TPSA) is 88.4 Å². The molecule has 8 nitrogen and oxygen atoms in total. The zero-order chi connectivity index (χ0) is 27.9. The van der Waals surface area contributed by atoms with Crippen molar-refractivity contribution in [3.05, 3.63) is 97.2 Å². The molecule has 2 heterocycles. The van der Waals surface area contributed by atoms with Gasteiger partial charge in [0.15, 0.2) is 16.3 Å². The van der Waals surface area contributed by atoms with E-state index in [4.69, 9.17) is 18.9 Å². The van der Waals surface area contributed by atoms with Crippen LogP contribution in [-0.4, -0.2) is 37.5 Å². The molecule has 0 radical (unpaired) electrons. The number of benzene rings is 2. The zero-order valence-corrected chi connectivity index (χ0v) is 23.4. The van der Waals surface area contributed by atoms with Gasteiger partial charge in [-0.2, -0.15) is 0 Å². The van der Waals surface area contributed by atoms with E-state index in [-0.39, 0.29) is 11.1 Å². The quantitative estimate of drug-likeness (QED) is 0.266. The first-order chi connectivity index (χ1) is 18.9. The van der Waals surface area contributed by atoms with E-state index in [0.29, 0.717) is 52.6 Å². The summed E-state index contributed by atoms with van der Waals surface area (Å²) in [5, 5.41) is 0. The molecule has 1 aliphatic rings. The van der Waals surface area contributed by atoms with Gasteiger partial charge in [-0.1, -0.05) is 29.5 Å². The summed E-state index contributed by atoms with van der Waals surface area (Å²) in [6.45, 7) is 11.0. The van der Waals surface area contributed by atoms with Gasteiger partial charge in [0, 0.05) is 6.20 Å². The molecule has 9 heteroatoms. The lowest BCUT2D eigenvalue weighted by atomic mass is 9.97. The Morgan fingerprint density at radius 1 is 1.03 bits per heavy atom. The third-order valence-electron chi connectivity index (χ3n) is 6.05. The van der Waals surface area contributed by atoms with Crippen LogP contribution in [0.25, 0.3) is 6.08 Å². The van der Waals surface area contributed by atoms with Gasteiger partial charge < -0.3 is 18.9 Å². The lowest BCUT2D eigenvalue weighted by Crippen LogP contribution is -2.39. The van der Waals surface area contributed by atoms with Crippen molar-refractivity contribution in [2.45, 2.75) is 33.2 Å². The molecule has 1 aromatic heterocycles. The molecule has 0 saturated heterocycles. The molecular weight excluding hydrogens is 516 g/mol. The zero-order valence-electron chi connectivity index (χ0n) is 22.6. The van der Waals surface area contributed by atoms with Crippen molar-refractivity contribution < 1.29 is 23.7 Å². The number of aromatic nitrogens is 1. The largest absolute Gasteiger partial charge is 0.494 e. The maximum absolute atomic E-state index is 13.8. The van der Waals surface area contributed by atoms with Crippen LogP contribution in [0.2, 0.25) is 0 Å². The summed E-state index contributed by atoms with van der Waals surface area (Å²) < 4.78 is 24.3. The summed E-state index contributed by atoms with van der Waals surface area (Å²) in [6.07, 6.45) is 5.76. The maximum atomic E-state index is 13.8. The molecule has 1 atom stereocenters. The normalized spacial score (nSPS) is 14.6. The third-order valence-corrected chi connectivity index (χ3v) is 7.05. The average molecular weight is 549 g/mol. The minimum atomic E-state index is -0.748. The van der Waals surface area contributed by atoms with Crippen molar-refractivity contribution in [3.8, 4) is 17.2 Å². The molecule has 2 aromatic carbocycles. The number of fused-ring (bicyclic) bond motifs is 1. The highest BCUT2D eigenvalue weighted by atomic mass is 32.1. The van der Waals surface area contributed by atoms with Gasteiger partial charge in [0.25, 0.3) is 5.56 Å². The highest BCUT2D eigenvalue weighted by molar-refractivity contribution is 7.07. The molecule has 3 aromatic rings. The summed E-state index contributed by atoms with van der Waals surface area (Å²) in [5.41, 5.74) is 2.50. The van der Waals surface area contributed by atoms with Gasteiger partial charge in [-0.3, -0.25) is 9.36 Å². The number of esters is 1. The van der Waals surface area contributed by atoms with E-state index in [1.54, 1.807) is 12.1 Å². The number of hydrogen-bond acceptors (Lipinski definition) is 8. The van der Waals surface area contributed by atoms with Crippen LogP contribution in [0.3, 0.4) is 0 Å². The minimum Gasteiger partial charge on any atom is -0.494 e. The fraction of sp³-hybridized carbons (Fsp3) is 0.300. The molecule has 0 fully saturated rings. The Morgan fingerprint density at radius 3 is 2.41 bits per heavy atom. The fourth-order valence-corrected chi connectivity index (χ4v) is 5.41. The van der Waals surface area contributed by atoms with E-state index >= 15 is 0 Å². The van der Waals surface area contributed by atoms with Gasteiger partial charge in [-0.25, -0.2) is 9.79 Å². The summed E-state index contributed by atoms with van der Waals surface area (Å²) >= 11 is 1.26. The van der Waals surface area contributed by atoms with Crippen molar-refractivity contribution in [3.63, 3.8) is 0 Å². The van der Waals surface area contributed by atoms with Crippen LogP contribution in [0, 0.1) is 0 Å². The molecular formula is C30H32N2O6S. The van der Waals surface area contributed by atoms with Gasteiger partial charge >= 0.3 is 5.97 Å². The Morgan fingerprint density at radius 2 is 1.72 bits per heavy atom. The highest BCUT2D eigenvalue weighted by Crippen LogP contribution is 2.35. The number of ether oxygens (including phenoxy) is 4. The Labute approximate surface area is 231 Å². The van der Waals surface area contributed by atoms with Crippen molar-refractivity contribution in [1.82, 2.24) is 4.57 Å². The van der Waals surface area contributed by atoms with Gasteiger partial charge in [-0.15, -0.1) is 6.58 Å². The summed E-state index contributed by atoms with van der Waals surface area (Å²) in [4.78, 5) is 31.5. The maximum Gasteiger partial charge on any atom is 0.337 e. The first-order valence-electron chi connectivity index (χ1n) is 12.8. The summed E-state index contributed by atoms with van der Waals surface area (Å²) in [6, 6.07) is 10.5. The number of carbonyl (C=O) groups excluding carboxylic acids is 1. The Kier molecular flexibility index (Phi) is 9.03. The molecule has 0 amide bonds. The Balaban J connectivity index is 1.87. The number of thiazole rings is 1. The number of nitrogens with zero attached hydrogens (tertiary/aromatic N) is 2. The van der Waals surface area contributed by atoms with E-state index in [9.17, 15) is 9.59 Å². The lowest BCUT2D eigenvalue weighted by molar-refractivity contribution is -0.136. The van der Waals surface area contributed by atoms with Crippen molar-refractivity contribution in [2.24, 2.45) is 4.99 Å². The number of allylic oxidation sites excluding steroid dienone is 1. The first-order valence-corrected chi connectivity index (χ1v) is 13.6. The number of rotatable bonds is 11. The molecule has 0 spiro atoms. The summed E-state index contributed by atoms with van der Waals surface area (Å²) in [7, 11) is 1.31. The monoisotopic (exact) mass is 548 g/mol. The van der Waals surface area contributed by atoms with Gasteiger partial charge in [0.2, 0.25) is 0 Å². The second-order valence-electron chi connectivity index (χ2n) is 8.54. The van der Waals surface area contributed by atoms with Crippen molar-refractivity contribution >= 4 is 23.4 Å². The molecule has 0 saturated carbocycles. The van der Waals surface area contributed by atoms with Crippen molar-refractivity contribution in [1.29, 1.82) is 0 Å². The average Bonchev–Trinajstić information content (AvgIpc) is 3.25. The van der Waals surface area contributed by atoms with Crippen molar-refractivity contribution in [2.75, 3.05) is 26.9 Å². The number of methoxy groups -OCH3 is 1. The van der Waals surface area contributed by atoms with Crippen LogP contribution in [0.5, 0.6) is 17.2 Å². The standard InChI is InChI=1S/C30H32N2O6S/c1-6-10-20-15-19(11-13-23(20)36-7-2)16-26-28(33)32-27(22(29(34)35-5)18-31-30(32)39-26)21-12-14-24(37-8-3)25(17-21)38-9-4/h6,11-18,27H,1,7-10H2,2-5H3/b26-16-/t27-/m0/s1. The smallest absolute Gasteiger partial charge is 0.337 e. The molecule has 39 heavy (non-hydrogen) atoms. The minimum absolute atomic E-state index is 0.248. The van der Waals surface area contributed by atoms with Crippen LogP contribution in [0.15, 0.2) is 70.6 Å². The predicted molar refractivity (Wildman–Crippen MR) is 151 cm³/mol. The Hall–Kier alpha value is -4.11. The van der Waals surface area contributed by atoms with E-state index in [1.165, 1.54) is 29.2 Å². The van der Waals surface area contributed by atoms with Crippen LogP contribution in [0.4, 0.5) is 0 Å². The lowest BCUT2D eigenvalue weighted by Gasteiger charge is -2.23. The van der Waals surface area contributed by atoms with Crippen LogP contribution in [0.1, 0.15) is 43.5 Å².